The van der Waals surface area contributed by atoms with Crippen molar-refractivity contribution >= 4 is 16.9 Å². The van der Waals surface area contributed by atoms with Gasteiger partial charge in [-0.15, -0.1) is 0 Å². The largest absolute Gasteiger partial charge is 0.342 e. The van der Waals surface area contributed by atoms with Gasteiger partial charge in [-0.3, -0.25) is 4.79 Å². The van der Waals surface area contributed by atoms with E-state index in [1.807, 2.05) is 6.07 Å². The summed E-state index contributed by atoms with van der Waals surface area (Å²) in [6, 6.07) is 6.06. The molecule has 0 saturated carbocycles. The number of hydrogen-bond acceptors (Lipinski definition) is 2. The van der Waals surface area contributed by atoms with Crippen LogP contribution in [0, 0.1) is 0 Å². The molecule has 0 unspecified atom stereocenters. The van der Waals surface area contributed by atoms with Crippen LogP contribution < -0.4 is 0 Å². The van der Waals surface area contributed by atoms with Crippen LogP contribution in [0.2, 0.25) is 0 Å². The quantitative estimate of drug-likeness (QED) is 0.862. The second-order valence-corrected chi connectivity index (χ2v) is 4.72. The van der Waals surface area contributed by atoms with Crippen LogP contribution >= 0.6 is 0 Å². The highest BCUT2D eigenvalue weighted by atomic mass is 16.2. The fourth-order valence-electron chi connectivity index (χ4n) is 1.70. The number of hydrogen-bond donors (Lipinski definition) is 1. The van der Waals surface area contributed by atoms with Crippen molar-refractivity contribution in [2.24, 2.45) is 0 Å². The van der Waals surface area contributed by atoms with Gasteiger partial charge in [0, 0.05) is 14.1 Å². The maximum Gasteiger partial charge on any atom is 0.289 e. The van der Waals surface area contributed by atoms with Crippen molar-refractivity contribution < 1.29 is 4.79 Å². The fourth-order valence-corrected chi connectivity index (χ4v) is 1.70. The first-order valence-corrected chi connectivity index (χ1v) is 5.70. The molecule has 2 rings (SSSR count). The number of amides is 1. The van der Waals surface area contributed by atoms with E-state index in [0.29, 0.717) is 11.7 Å². The Morgan fingerprint density at radius 3 is 2.65 bits per heavy atom. The molecule has 0 saturated heterocycles. The molecular weight excluding hydrogens is 214 g/mol. The van der Waals surface area contributed by atoms with E-state index < -0.39 is 0 Å². The van der Waals surface area contributed by atoms with Crippen molar-refractivity contribution in [3.8, 4) is 0 Å². The third-order valence-electron chi connectivity index (χ3n) is 2.78. The number of rotatable bonds is 2. The van der Waals surface area contributed by atoms with Crippen LogP contribution in [0.25, 0.3) is 11.0 Å². The summed E-state index contributed by atoms with van der Waals surface area (Å²) in [6.45, 7) is 4.28. The van der Waals surface area contributed by atoms with Crippen LogP contribution in [0.4, 0.5) is 0 Å². The topological polar surface area (TPSA) is 49.0 Å². The zero-order valence-electron chi connectivity index (χ0n) is 10.6. The molecule has 0 aliphatic rings. The van der Waals surface area contributed by atoms with Crippen LogP contribution in [-0.4, -0.2) is 34.9 Å². The number of carbonyl (C=O) groups is 1. The molecule has 1 heterocycles. The smallest absolute Gasteiger partial charge is 0.289 e. The molecule has 17 heavy (non-hydrogen) atoms. The molecule has 0 fully saturated rings. The first kappa shape index (κ1) is 11.6. The Hall–Kier alpha value is -1.84. The van der Waals surface area contributed by atoms with E-state index in [-0.39, 0.29) is 5.91 Å². The summed E-state index contributed by atoms with van der Waals surface area (Å²) in [5.41, 5.74) is 2.99. The summed E-state index contributed by atoms with van der Waals surface area (Å²) in [5.74, 6) is 0.758. The molecule has 0 spiro atoms. The second-order valence-electron chi connectivity index (χ2n) is 4.72. The molecule has 0 radical (unpaired) electrons. The fraction of sp³-hybridized carbons (Fsp3) is 0.385. The van der Waals surface area contributed by atoms with E-state index in [9.17, 15) is 4.79 Å². The average molecular weight is 231 g/mol. The normalized spacial score (nSPS) is 11.1. The zero-order valence-corrected chi connectivity index (χ0v) is 10.6. The van der Waals surface area contributed by atoms with E-state index >= 15 is 0 Å². The van der Waals surface area contributed by atoms with Gasteiger partial charge in [-0.2, -0.15) is 0 Å². The van der Waals surface area contributed by atoms with Crippen LogP contribution in [0.5, 0.6) is 0 Å². The van der Waals surface area contributed by atoms with Crippen molar-refractivity contribution in [2.45, 2.75) is 19.8 Å². The molecule has 4 nitrogen and oxygen atoms in total. The Morgan fingerprint density at radius 1 is 1.35 bits per heavy atom. The lowest BCUT2D eigenvalue weighted by Crippen LogP contribution is -2.22. The van der Waals surface area contributed by atoms with Crippen molar-refractivity contribution in [1.82, 2.24) is 14.9 Å². The standard InChI is InChI=1S/C13H17N3O/c1-8(2)9-5-6-10-11(7-9)15-12(14-10)13(17)16(3)4/h5-8H,1-4H3,(H,14,15). The van der Waals surface area contributed by atoms with Gasteiger partial charge < -0.3 is 9.88 Å². The number of carbonyl (C=O) groups excluding carboxylic acids is 1. The molecule has 4 heteroatoms. The lowest BCUT2D eigenvalue weighted by Gasteiger charge is -2.06. The number of benzene rings is 1. The lowest BCUT2D eigenvalue weighted by molar-refractivity contribution is 0.0817. The van der Waals surface area contributed by atoms with Crippen molar-refractivity contribution in [2.75, 3.05) is 14.1 Å². The molecule has 90 valence electrons. The summed E-state index contributed by atoms with van der Waals surface area (Å²) < 4.78 is 0. The van der Waals surface area contributed by atoms with Crippen LogP contribution in [-0.2, 0) is 0 Å². The minimum atomic E-state index is -0.104. The van der Waals surface area contributed by atoms with Gasteiger partial charge in [0.1, 0.15) is 0 Å². The first-order valence-electron chi connectivity index (χ1n) is 5.70. The highest BCUT2D eigenvalue weighted by molar-refractivity contribution is 5.93. The third-order valence-corrected chi connectivity index (χ3v) is 2.78. The van der Waals surface area contributed by atoms with Crippen molar-refractivity contribution in [3.05, 3.63) is 29.6 Å². The highest BCUT2D eigenvalue weighted by Crippen LogP contribution is 2.20. The van der Waals surface area contributed by atoms with Gasteiger partial charge in [-0.25, -0.2) is 4.98 Å². The van der Waals surface area contributed by atoms with Gasteiger partial charge in [0.15, 0.2) is 5.82 Å². The number of imidazole rings is 1. The lowest BCUT2D eigenvalue weighted by atomic mass is 10.0. The SMILES string of the molecule is CC(C)c1ccc2nc(C(=O)N(C)C)[nH]c2c1. The maximum atomic E-state index is 11.8. The molecule has 0 bridgehead atoms. The summed E-state index contributed by atoms with van der Waals surface area (Å²) in [5, 5.41) is 0. The monoisotopic (exact) mass is 231 g/mol. The van der Waals surface area contributed by atoms with Crippen molar-refractivity contribution in [1.29, 1.82) is 0 Å². The summed E-state index contributed by atoms with van der Waals surface area (Å²) in [6.07, 6.45) is 0. The number of H-pyrrole nitrogens is 1. The van der Waals surface area contributed by atoms with E-state index in [2.05, 4.69) is 35.9 Å². The number of aromatic amines is 1. The van der Waals surface area contributed by atoms with Gasteiger partial charge >= 0.3 is 0 Å². The molecule has 1 aromatic carbocycles. The van der Waals surface area contributed by atoms with Gasteiger partial charge in [0.25, 0.3) is 5.91 Å². The van der Waals surface area contributed by atoms with Crippen LogP contribution in [0.3, 0.4) is 0 Å². The molecule has 2 aromatic rings. The molecule has 1 amide bonds. The number of fused-ring (bicyclic) bond motifs is 1. The Bertz CT molecular complexity index is 555. The minimum Gasteiger partial charge on any atom is -0.342 e. The Kier molecular flexibility index (Phi) is 2.88. The maximum absolute atomic E-state index is 11.8. The van der Waals surface area contributed by atoms with E-state index in [4.69, 9.17) is 0 Å². The van der Waals surface area contributed by atoms with E-state index in [0.717, 1.165) is 11.0 Å². The molecular formula is C13H17N3O. The summed E-state index contributed by atoms with van der Waals surface area (Å²) >= 11 is 0. The molecule has 1 aromatic heterocycles. The number of nitrogens with one attached hydrogen (secondary N) is 1. The number of nitrogens with zero attached hydrogens (tertiary/aromatic N) is 2. The van der Waals surface area contributed by atoms with Crippen LogP contribution in [0.15, 0.2) is 18.2 Å². The van der Waals surface area contributed by atoms with Gasteiger partial charge in [0.05, 0.1) is 11.0 Å². The predicted molar refractivity (Wildman–Crippen MR) is 68.2 cm³/mol. The average Bonchev–Trinajstić information content (AvgIpc) is 2.69. The Morgan fingerprint density at radius 2 is 2.06 bits per heavy atom. The van der Waals surface area contributed by atoms with Crippen LogP contribution in [0.1, 0.15) is 35.9 Å². The number of aromatic nitrogens is 2. The summed E-state index contributed by atoms with van der Waals surface area (Å²) in [7, 11) is 3.43. The second kappa shape index (κ2) is 4.20. The zero-order chi connectivity index (χ0) is 12.6. The molecule has 0 aliphatic heterocycles. The van der Waals surface area contributed by atoms with Gasteiger partial charge in [0.2, 0.25) is 0 Å². The van der Waals surface area contributed by atoms with E-state index in [1.165, 1.54) is 10.5 Å². The van der Waals surface area contributed by atoms with E-state index in [1.54, 1.807) is 14.1 Å². The Balaban J connectivity index is 2.47. The first-order chi connectivity index (χ1) is 7.99. The van der Waals surface area contributed by atoms with Gasteiger partial charge in [-0.05, 0) is 23.6 Å². The Labute approximate surface area is 101 Å². The molecule has 0 atom stereocenters. The third kappa shape index (κ3) is 2.16. The molecule has 1 N–H and O–H groups in total. The van der Waals surface area contributed by atoms with Gasteiger partial charge in [-0.1, -0.05) is 19.9 Å². The summed E-state index contributed by atoms with van der Waals surface area (Å²) in [4.78, 5) is 20.6. The predicted octanol–water partition coefficient (Wildman–Crippen LogP) is 2.39. The highest BCUT2D eigenvalue weighted by Gasteiger charge is 2.13. The molecule has 0 aliphatic carbocycles. The van der Waals surface area contributed by atoms with Crippen molar-refractivity contribution in [3.63, 3.8) is 0 Å². The minimum absolute atomic E-state index is 0.104.